The van der Waals surface area contributed by atoms with Crippen LogP contribution in [0.1, 0.15) is 16.7 Å². The number of pyridine rings is 1. The summed E-state index contributed by atoms with van der Waals surface area (Å²) in [7, 11) is 0. The number of aromatic nitrogens is 1. The summed E-state index contributed by atoms with van der Waals surface area (Å²) in [5.41, 5.74) is 8.70. The summed E-state index contributed by atoms with van der Waals surface area (Å²) in [6, 6.07) is 25.0. The number of hydrazine groups is 1. The molecule has 0 unspecified atom stereocenters. The highest BCUT2D eigenvalue weighted by Crippen LogP contribution is 2.31. The summed E-state index contributed by atoms with van der Waals surface area (Å²) < 4.78 is 0. The first-order chi connectivity index (χ1) is 16.2. The number of carbonyl (C=O) groups is 2. The monoisotopic (exact) mass is 437 g/mol. The number of hydrogen-bond acceptors (Lipinski definition) is 4. The number of nitrogens with one attached hydrogen (secondary N) is 3. The second kappa shape index (κ2) is 9.00. The van der Waals surface area contributed by atoms with E-state index in [0.29, 0.717) is 12.2 Å². The molecule has 0 fully saturated rings. The van der Waals surface area contributed by atoms with Gasteiger partial charge < -0.3 is 10.2 Å². The van der Waals surface area contributed by atoms with Gasteiger partial charge in [0.05, 0.1) is 6.42 Å². The predicted octanol–water partition coefficient (Wildman–Crippen LogP) is 4.15. The molecule has 3 amide bonds. The van der Waals surface area contributed by atoms with E-state index < -0.39 is 6.03 Å². The molecule has 1 aliphatic heterocycles. The zero-order valence-electron chi connectivity index (χ0n) is 17.9. The molecule has 1 aromatic heterocycles. The number of hydrogen-bond donors (Lipinski definition) is 3. The third-order valence-corrected chi connectivity index (χ3v) is 5.70. The van der Waals surface area contributed by atoms with E-state index in [2.05, 4.69) is 26.1 Å². The Balaban J connectivity index is 1.17. The molecule has 7 nitrogen and oxygen atoms in total. The smallest absolute Gasteiger partial charge is 0.337 e. The Labute approximate surface area is 191 Å². The number of amides is 3. The van der Waals surface area contributed by atoms with Crippen molar-refractivity contribution in [3.05, 3.63) is 102 Å². The van der Waals surface area contributed by atoms with Crippen LogP contribution in [-0.4, -0.2) is 16.9 Å². The summed E-state index contributed by atoms with van der Waals surface area (Å²) in [6.07, 6.45) is 1.94. The van der Waals surface area contributed by atoms with Crippen LogP contribution in [0, 0.1) is 0 Å². The van der Waals surface area contributed by atoms with Crippen molar-refractivity contribution >= 4 is 34.2 Å². The van der Waals surface area contributed by atoms with Gasteiger partial charge in [-0.05, 0) is 40.1 Å². The number of benzene rings is 3. The maximum absolute atomic E-state index is 12.4. The van der Waals surface area contributed by atoms with E-state index in [1.807, 2.05) is 78.9 Å². The number of urea groups is 1. The molecule has 3 N–H and O–H groups in total. The predicted molar refractivity (Wildman–Crippen MR) is 129 cm³/mol. The topological polar surface area (TPSA) is 86.4 Å². The van der Waals surface area contributed by atoms with E-state index in [4.69, 9.17) is 0 Å². The van der Waals surface area contributed by atoms with Gasteiger partial charge in [0.1, 0.15) is 5.82 Å². The van der Waals surface area contributed by atoms with E-state index in [9.17, 15) is 9.59 Å². The number of carbonyl (C=O) groups excluding carboxylic acids is 2. The second-order valence-corrected chi connectivity index (χ2v) is 7.97. The summed E-state index contributed by atoms with van der Waals surface area (Å²) in [5, 5.41) is 5.04. The van der Waals surface area contributed by atoms with E-state index in [1.54, 1.807) is 6.20 Å². The van der Waals surface area contributed by atoms with Crippen molar-refractivity contribution in [3.8, 4) is 0 Å². The minimum atomic E-state index is -0.494. The molecule has 0 atom stereocenters. The average Bonchev–Trinajstić information content (AvgIpc) is 3.29. The van der Waals surface area contributed by atoms with Crippen LogP contribution >= 0.6 is 0 Å². The lowest BCUT2D eigenvalue weighted by Gasteiger charge is -2.16. The molecule has 0 saturated heterocycles. The number of fused-ring (bicyclic) bond motifs is 2. The fraction of sp³-hybridized carbons (Fsp3) is 0.115. The van der Waals surface area contributed by atoms with Crippen molar-refractivity contribution in [2.75, 3.05) is 10.2 Å². The molecule has 0 saturated carbocycles. The average molecular weight is 438 g/mol. The van der Waals surface area contributed by atoms with E-state index in [-0.39, 0.29) is 12.3 Å². The summed E-state index contributed by atoms with van der Waals surface area (Å²) in [4.78, 5) is 31.3. The lowest BCUT2D eigenvalue weighted by Crippen LogP contribution is -2.44. The van der Waals surface area contributed by atoms with Gasteiger partial charge in [-0.1, -0.05) is 60.7 Å². The third-order valence-electron chi connectivity index (χ3n) is 5.70. The van der Waals surface area contributed by atoms with Crippen LogP contribution in [0.4, 0.5) is 16.3 Å². The molecule has 3 aromatic carbocycles. The van der Waals surface area contributed by atoms with Crippen LogP contribution < -0.4 is 21.1 Å². The molecule has 5 rings (SSSR count). The molecule has 164 valence electrons. The Morgan fingerprint density at radius 1 is 0.848 bits per heavy atom. The molecule has 1 aliphatic rings. The maximum Gasteiger partial charge on any atom is 0.337 e. The second-order valence-electron chi connectivity index (χ2n) is 7.97. The van der Waals surface area contributed by atoms with Crippen LogP contribution in [-0.2, 0) is 24.3 Å². The third kappa shape index (κ3) is 4.62. The first-order valence-electron chi connectivity index (χ1n) is 10.8. The highest BCUT2D eigenvalue weighted by molar-refractivity contribution is 5.92. The van der Waals surface area contributed by atoms with E-state index >= 15 is 0 Å². The van der Waals surface area contributed by atoms with Crippen molar-refractivity contribution in [2.45, 2.75) is 19.5 Å². The van der Waals surface area contributed by atoms with Crippen LogP contribution in [0.3, 0.4) is 0 Å². The minimum Gasteiger partial charge on any atom is -0.348 e. The van der Waals surface area contributed by atoms with Gasteiger partial charge in [0.15, 0.2) is 0 Å². The molecule has 33 heavy (non-hydrogen) atoms. The van der Waals surface area contributed by atoms with Crippen molar-refractivity contribution in [1.82, 2.24) is 15.8 Å². The first kappa shape index (κ1) is 20.5. The standard InChI is InChI=1S/C26H23N5O2/c32-25(15-18-11-12-19-6-1-2-7-20(19)14-18)29-30-26(33)28-23-9-5-8-21-16-31(17-22(21)23)24-10-3-4-13-27-24/h1-14H,15-17H2,(H,29,32)(H2,28,30,33). The van der Waals surface area contributed by atoms with Gasteiger partial charge in [0, 0.05) is 30.5 Å². The number of rotatable bonds is 4. The fourth-order valence-electron chi connectivity index (χ4n) is 4.10. The number of anilines is 2. The SMILES string of the molecule is O=C(Cc1ccc2ccccc2c1)NNC(=O)Nc1cccc2c1CN(c1ccccn1)C2. The molecular formula is C26H23N5O2. The van der Waals surface area contributed by atoms with E-state index in [1.165, 1.54) is 0 Å². The maximum atomic E-state index is 12.4. The van der Waals surface area contributed by atoms with Crippen molar-refractivity contribution in [3.63, 3.8) is 0 Å². The zero-order chi connectivity index (χ0) is 22.6. The Morgan fingerprint density at radius 2 is 1.70 bits per heavy atom. The molecule has 0 spiro atoms. The number of nitrogens with zero attached hydrogens (tertiary/aromatic N) is 2. The molecule has 0 radical (unpaired) electrons. The molecule has 4 aromatic rings. The molecular weight excluding hydrogens is 414 g/mol. The normalized spacial score (nSPS) is 12.3. The van der Waals surface area contributed by atoms with Gasteiger partial charge >= 0.3 is 6.03 Å². The van der Waals surface area contributed by atoms with Crippen molar-refractivity contribution in [1.29, 1.82) is 0 Å². The van der Waals surface area contributed by atoms with Crippen molar-refractivity contribution in [2.24, 2.45) is 0 Å². The Kier molecular flexibility index (Phi) is 5.59. The van der Waals surface area contributed by atoms with Crippen LogP contribution in [0.25, 0.3) is 10.8 Å². The van der Waals surface area contributed by atoms with Gasteiger partial charge in [-0.2, -0.15) is 0 Å². The first-order valence-corrected chi connectivity index (χ1v) is 10.8. The largest absolute Gasteiger partial charge is 0.348 e. The van der Waals surface area contributed by atoms with Crippen LogP contribution in [0.2, 0.25) is 0 Å². The van der Waals surface area contributed by atoms with Gasteiger partial charge in [-0.3, -0.25) is 10.2 Å². The lowest BCUT2D eigenvalue weighted by molar-refractivity contribution is -0.121. The summed E-state index contributed by atoms with van der Waals surface area (Å²) in [6.45, 7) is 1.38. The Morgan fingerprint density at radius 3 is 2.55 bits per heavy atom. The Bertz CT molecular complexity index is 1320. The quantitative estimate of drug-likeness (QED) is 0.419. The summed E-state index contributed by atoms with van der Waals surface area (Å²) >= 11 is 0. The minimum absolute atomic E-state index is 0.172. The van der Waals surface area contributed by atoms with Gasteiger partial charge in [0.2, 0.25) is 5.91 Å². The van der Waals surface area contributed by atoms with E-state index in [0.717, 1.165) is 39.8 Å². The highest BCUT2D eigenvalue weighted by atomic mass is 16.2. The zero-order valence-corrected chi connectivity index (χ0v) is 17.9. The molecule has 0 aliphatic carbocycles. The van der Waals surface area contributed by atoms with Gasteiger partial charge in [-0.25, -0.2) is 15.2 Å². The van der Waals surface area contributed by atoms with Crippen LogP contribution in [0.5, 0.6) is 0 Å². The molecule has 2 heterocycles. The van der Waals surface area contributed by atoms with Crippen molar-refractivity contribution < 1.29 is 9.59 Å². The highest BCUT2D eigenvalue weighted by Gasteiger charge is 2.23. The Hall–Kier alpha value is -4.39. The fourth-order valence-corrected chi connectivity index (χ4v) is 4.10. The molecule has 7 heteroatoms. The molecule has 0 bridgehead atoms. The van der Waals surface area contributed by atoms with Gasteiger partial charge in [-0.15, -0.1) is 0 Å². The lowest BCUT2D eigenvalue weighted by atomic mass is 10.1. The summed E-state index contributed by atoms with van der Waals surface area (Å²) in [5.74, 6) is 0.602. The van der Waals surface area contributed by atoms with Gasteiger partial charge in [0.25, 0.3) is 0 Å². The van der Waals surface area contributed by atoms with Crippen LogP contribution in [0.15, 0.2) is 85.1 Å².